The Balaban J connectivity index is 3.03. The quantitative estimate of drug-likeness (QED) is 0.551. The molecule has 0 amide bonds. The molecule has 0 aliphatic rings. The van der Waals surface area contributed by atoms with E-state index in [-0.39, 0.29) is 0 Å². The van der Waals surface area contributed by atoms with Crippen LogP contribution in [0.4, 0.5) is 4.39 Å². The first-order chi connectivity index (χ1) is 3.81. The van der Waals surface area contributed by atoms with Gasteiger partial charge < -0.3 is 5.73 Å². The van der Waals surface area contributed by atoms with E-state index in [0.29, 0.717) is 19.4 Å². The topological polar surface area (TPSA) is 26.0 Å². The monoisotopic (exact) mass is 117 g/mol. The molecule has 0 aliphatic heterocycles. The van der Waals surface area contributed by atoms with Crippen molar-refractivity contribution in [2.45, 2.75) is 19.0 Å². The zero-order valence-electron chi connectivity index (χ0n) is 4.94. The number of hydrogen-bond acceptors (Lipinski definition) is 1. The number of rotatable bonds is 4. The molecule has 2 heteroatoms. The SMILES string of the molecule is C=CCC(F)CCN. The summed E-state index contributed by atoms with van der Waals surface area (Å²) in [4.78, 5) is 0. The molecule has 0 spiro atoms. The Morgan fingerprint density at radius 1 is 1.75 bits per heavy atom. The third-order valence-electron chi connectivity index (χ3n) is 0.902. The average molecular weight is 117 g/mol. The second-order valence-corrected chi connectivity index (χ2v) is 1.70. The largest absolute Gasteiger partial charge is 0.330 e. The first-order valence-corrected chi connectivity index (χ1v) is 2.76. The fraction of sp³-hybridized carbons (Fsp3) is 0.667. The van der Waals surface area contributed by atoms with Gasteiger partial charge in [0.25, 0.3) is 0 Å². The smallest absolute Gasteiger partial charge is 0.105 e. The molecule has 0 saturated heterocycles. The summed E-state index contributed by atoms with van der Waals surface area (Å²) in [6, 6.07) is 0. The van der Waals surface area contributed by atoms with Crippen LogP contribution >= 0.6 is 0 Å². The minimum Gasteiger partial charge on any atom is -0.330 e. The zero-order chi connectivity index (χ0) is 6.41. The van der Waals surface area contributed by atoms with Crippen molar-refractivity contribution in [3.8, 4) is 0 Å². The van der Waals surface area contributed by atoms with Crippen LogP contribution in [-0.2, 0) is 0 Å². The third kappa shape index (κ3) is 3.81. The Morgan fingerprint density at radius 3 is 2.75 bits per heavy atom. The Morgan fingerprint density at radius 2 is 2.38 bits per heavy atom. The highest BCUT2D eigenvalue weighted by molar-refractivity contribution is 4.72. The van der Waals surface area contributed by atoms with E-state index in [1.54, 1.807) is 6.08 Å². The van der Waals surface area contributed by atoms with E-state index in [9.17, 15) is 4.39 Å². The van der Waals surface area contributed by atoms with Gasteiger partial charge in [0.2, 0.25) is 0 Å². The minimum absolute atomic E-state index is 0.426. The van der Waals surface area contributed by atoms with Crippen molar-refractivity contribution < 1.29 is 4.39 Å². The lowest BCUT2D eigenvalue weighted by molar-refractivity contribution is 0.321. The highest BCUT2D eigenvalue weighted by atomic mass is 19.1. The fourth-order valence-corrected chi connectivity index (χ4v) is 0.480. The van der Waals surface area contributed by atoms with Crippen molar-refractivity contribution in [3.05, 3.63) is 12.7 Å². The summed E-state index contributed by atoms with van der Waals surface area (Å²) in [6.07, 6.45) is 1.67. The molecule has 1 nitrogen and oxygen atoms in total. The second kappa shape index (κ2) is 4.78. The van der Waals surface area contributed by atoms with Gasteiger partial charge in [0.1, 0.15) is 6.17 Å². The van der Waals surface area contributed by atoms with Gasteiger partial charge in [-0.3, -0.25) is 0 Å². The van der Waals surface area contributed by atoms with Gasteiger partial charge in [0, 0.05) is 0 Å². The van der Waals surface area contributed by atoms with Gasteiger partial charge in [-0.1, -0.05) is 6.08 Å². The Labute approximate surface area is 49.4 Å². The number of allylic oxidation sites excluding steroid dienone is 1. The molecule has 1 atom stereocenters. The Hall–Kier alpha value is -0.370. The molecule has 2 N–H and O–H groups in total. The van der Waals surface area contributed by atoms with E-state index >= 15 is 0 Å². The van der Waals surface area contributed by atoms with Gasteiger partial charge in [-0.05, 0) is 19.4 Å². The second-order valence-electron chi connectivity index (χ2n) is 1.70. The first-order valence-electron chi connectivity index (χ1n) is 2.76. The molecule has 0 saturated carbocycles. The Kier molecular flexibility index (Phi) is 4.56. The van der Waals surface area contributed by atoms with E-state index < -0.39 is 6.17 Å². The standard InChI is InChI=1S/C6H12FN/c1-2-3-6(7)4-5-8/h2,6H,1,3-5,8H2. The van der Waals surface area contributed by atoms with Crippen LogP contribution in [0.15, 0.2) is 12.7 Å². The molecule has 0 rings (SSSR count). The molecule has 0 radical (unpaired) electrons. The molecule has 0 aromatic heterocycles. The molecule has 0 aliphatic carbocycles. The van der Waals surface area contributed by atoms with Gasteiger partial charge in [0.05, 0.1) is 0 Å². The fourth-order valence-electron chi connectivity index (χ4n) is 0.480. The van der Waals surface area contributed by atoms with Crippen molar-refractivity contribution in [1.82, 2.24) is 0 Å². The molecule has 8 heavy (non-hydrogen) atoms. The number of nitrogens with two attached hydrogens (primary N) is 1. The van der Waals surface area contributed by atoms with Crippen LogP contribution in [0.5, 0.6) is 0 Å². The van der Waals surface area contributed by atoms with Crippen molar-refractivity contribution in [1.29, 1.82) is 0 Å². The van der Waals surface area contributed by atoms with Crippen LogP contribution in [0.25, 0.3) is 0 Å². The number of alkyl halides is 1. The van der Waals surface area contributed by atoms with Crippen LogP contribution in [0, 0.1) is 0 Å². The van der Waals surface area contributed by atoms with Crippen LogP contribution < -0.4 is 5.73 Å². The molecule has 0 aromatic carbocycles. The summed E-state index contributed by atoms with van der Waals surface area (Å²) in [6.45, 7) is 3.83. The van der Waals surface area contributed by atoms with E-state index in [1.165, 1.54) is 0 Å². The van der Waals surface area contributed by atoms with Gasteiger partial charge in [0.15, 0.2) is 0 Å². The predicted octanol–water partition coefficient (Wildman–Crippen LogP) is 1.25. The molecule has 0 heterocycles. The maximum absolute atomic E-state index is 12.3. The van der Waals surface area contributed by atoms with Crippen LogP contribution in [0.3, 0.4) is 0 Å². The Bertz CT molecular complexity index is 63.5. The number of halogens is 1. The highest BCUT2D eigenvalue weighted by Gasteiger charge is 1.99. The van der Waals surface area contributed by atoms with E-state index in [1.807, 2.05) is 0 Å². The molecule has 1 unspecified atom stereocenters. The van der Waals surface area contributed by atoms with Crippen LogP contribution in [0.2, 0.25) is 0 Å². The maximum atomic E-state index is 12.3. The summed E-state index contributed by atoms with van der Waals surface area (Å²) in [5.74, 6) is 0. The lowest BCUT2D eigenvalue weighted by Crippen LogP contribution is -2.07. The zero-order valence-corrected chi connectivity index (χ0v) is 4.94. The lowest BCUT2D eigenvalue weighted by atomic mass is 10.2. The summed E-state index contributed by atoms with van der Waals surface area (Å²) in [5, 5.41) is 0. The predicted molar refractivity (Wildman–Crippen MR) is 33.4 cm³/mol. The molecule has 0 fully saturated rings. The molecule has 48 valence electrons. The summed E-state index contributed by atoms with van der Waals surface area (Å²) >= 11 is 0. The normalized spacial score (nSPS) is 13.2. The third-order valence-corrected chi connectivity index (χ3v) is 0.902. The first kappa shape index (κ1) is 7.63. The van der Waals surface area contributed by atoms with Crippen molar-refractivity contribution >= 4 is 0 Å². The number of hydrogen-bond donors (Lipinski definition) is 1. The van der Waals surface area contributed by atoms with E-state index in [2.05, 4.69) is 6.58 Å². The molecule has 0 aromatic rings. The summed E-state index contributed by atoms with van der Waals surface area (Å²) in [7, 11) is 0. The van der Waals surface area contributed by atoms with Gasteiger partial charge in [-0.2, -0.15) is 0 Å². The highest BCUT2D eigenvalue weighted by Crippen LogP contribution is 2.00. The summed E-state index contributed by atoms with van der Waals surface area (Å²) < 4.78 is 12.3. The molecule has 0 bridgehead atoms. The molecular weight excluding hydrogens is 105 g/mol. The van der Waals surface area contributed by atoms with Gasteiger partial charge in [-0.25, -0.2) is 4.39 Å². The van der Waals surface area contributed by atoms with Crippen molar-refractivity contribution in [3.63, 3.8) is 0 Å². The lowest BCUT2D eigenvalue weighted by Gasteiger charge is -1.99. The minimum atomic E-state index is -0.780. The average Bonchev–Trinajstić information content (AvgIpc) is 1.68. The molecular formula is C6H12FN. The van der Waals surface area contributed by atoms with Crippen molar-refractivity contribution in [2.75, 3.05) is 6.54 Å². The van der Waals surface area contributed by atoms with Crippen LogP contribution in [-0.4, -0.2) is 12.7 Å². The van der Waals surface area contributed by atoms with E-state index in [0.717, 1.165) is 0 Å². The van der Waals surface area contributed by atoms with E-state index in [4.69, 9.17) is 5.73 Å². The van der Waals surface area contributed by atoms with Crippen molar-refractivity contribution in [2.24, 2.45) is 5.73 Å². The summed E-state index contributed by atoms with van der Waals surface area (Å²) in [5.41, 5.74) is 5.09. The van der Waals surface area contributed by atoms with Gasteiger partial charge in [-0.15, -0.1) is 6.58 Å². The van der Waals surface area contributed by atoms with Crippen LogP contribution in [0.1, 0.15) is 12.8 Å². The maximum Gasteiger partial charge on any atom is 0.105 e. The van der Waals surface area contributed by atoms with Gasteiger partial charge >= 0.3 is 0 Å².